The van der Waals surface area contributed by atoms with Gasteiger partial charge >= 0.3 is 0 Å². The first-order valence-corrected chi connectivity index (χ1v) is 6.70. The summed E-state index contributed by atoms with van der Waals surface area (Å²) < 4.78 is 31.4. The zero-order chi connectivity index (χ0) is 15.3. The molecule has 0 aliphatic heterocycles. The van der Waals surface area contributed by atoms with Crippen molar-refractivity contribution in [3.8, 4) is 0 Å². The van der Waals surface area contributed by atoms with Crippen molar-refractivity contribution >= 4 is 33.3 Å². The Hall–Kier alpha value is -2.45. The summed E-state index contributed by atoms with van der Waals surface area (Å²) in [7, 11) is -4.52. The predicted octanol–water partition coefficient (Wildman–Crippen LogP) is 1.18. The lowest BCUT2D eigenvalue weighted by Crippen LogP contribution is -2.13. The molecule has 0 atom stereocenters. The van der Waals surface area contributed by atoms with Crippen LogP contribution in [-0.4, -0.2) is 24.8 Å². The molecule has 0 saturated heterocycles. The van der Waals surface area contributed by atoms with E-state index < -0.39 is 26.8 Å². The Balaban J connectivity index is 3.28. The first-order chi connectivity index (χ1) is 9.27. The molecule has 0 radical (unpaired) electrons. The van der Waals surface area contributed by atoms with Crippen LogP contribution < -0.4 is 10.6 Å². The van der Waals surface area contributed by atoms with Crippen LogP contribution >= 0.6 is 0 Å². The molecule has 0 aromatic heterocycles. The maximum atomic E-state index is 11.2. The van der Waals surface area contributed by atoms with Crippen molar-refractivity contribution in [2.75, 3.05) is 10.6 Å². The maximum Gasteiger partial charge on any atom is 0.296 e. The fourth-order valence-corrected chi connectivity index (χ4v) is 1.94. The van der Waals surface area contributed by atoms with E-state index in [0.29, 0.717) is 0 Å². The number of anilines is 2. The molecule has 0 fully saturated rings. The van der Waals surface area contributed by atoms with Gasteiger partial charge in [-0.15, -0.1) is 0 Å². The smallest absolute Gasteiger partial charge is 0.296 e. The molecule has 106 valence electrons. The number of hydrogen-bond acceptors (Lipinski definition) is 4. The lowest BCUT2D eigenvalue weighted by atomic mass is 10.2. The number of nitrogens with one attached hydrogen (secondary N) is 2. The molecule has 2 amide bonds. The molecular formula is C12H12N2O5S. The third-order valence-corrected chi connectivity index (χ3v) is 3.07. The molecule has 0 bridgehead atoms. The van der Waals surface area contributed by atoms with Crippen molar-refractivity contribution in [1.82, 2.24) is 0 Å². The van der Waals surface area contributed by atoms with E-state index in [0.717, 1.165) is 18.2 Å². The molecule has 20 heavy (non-hydrogen) atoms. The van der Waals surface area contributed by atoms with Gasteiger partial charge in [-0.2, -0.15) is 8.42 Å². The van der Waals surface area contributed by atoms with E-state index in [1.165, 1.54) is 12.1 Å². The first-order valence-electron chi connectivity index (χ1n) is 5.26. The van der Waals surface area contributed by atoms with E-state index >= 15 is 0 Å². The van der Waals surface area contributed by atoms with Crippen LogP contribution in [0.5, 0.6) is 0 Å². The number of hydrogen-bond donors (Lipinski definition) is 3. The van der Waals surface area contributed by atoms with E-state index in [4.69, 9.17) is 4.55 Å². The van der Waals surface area contributed by atoms with E-state index in [1.54, 1.807) is 0 Å². The Morgan fingerprint density at radius 1 is 1.10 bits per heavy atom. The van der Waals surface area contributed by atoms with Crippen LogP contribution in [0, 0.1) is 0 Å². The molecule has 7 nitrogen and oxygen atoms in total. The second-order valence-corrected chi connectivity index (χ2v) is 4.96. The number of benzene rings is 1. The first kappa shape index (κ1) is 15.6. The average Bonchev–Trinajstić information content (AvgIpc) is 2.37. The molecule has 3 N–H and O–H groups in total. The van der Waals surface area contributed by atoms with Gasteiger partial charge in [-0.05, 0) is 30.4 Å². The summed E-state index contributed by atoms with van der Waals surface area (Å²) in [5.41, 5.74) is 0.0425. The summed E-state index contributed by atoms with van der Waals surface area (Å²) in [5.74, 6) is -1.17. The quantitative estimate of drug-likeness (QED) is 0.558. The van der Waals surface area contributed by atoms with Gasteiger partial charge in [-0.1, -0.05) is 13.2 Å². The number of amides is 2. The van der Waals surface area contributed by atoms with E-state index in [9.17, 15) is 18.0 Å². The molecule has 0 aliphatic rings. The minimum absolute atomic E-state index is 0.181. The molecule has 0 unspecified atom stereocenters. The minimum atomic E-state index is -4.52. The lowest BCUT2D eigenvalue weighted by molar-refractivity contribution is -0.112. The van der Waals surface area contributed by atoms with Gasteiger partial charge in [0.25, 0.3) is 10.1 Å². The Morgan fingerprint density at radius 2 is 1.65 bits per heavy atom. The van der Waals surface area contributed by atoms with Crippen LogP contribution in [-0.2, 0) is 19.7 Å². The number of carbonyl (C=O) groups excluding carboxylic acids is 2. The van der Waals surface area contributed by atoms with Gasteiger partial charge in [0.15, 0.2) is 0 Å². The average molecular weight is 296 g/mol. The van der Waals surface area contributed by atoms with Gasteiger partial charge in [0.2, 0.25) is 11.8 Å². The van der Waals surface area contributed by atoms with Gasteiger partial charge in [0.05, 0.1) is 5.69 Å². The third kappa shape index (κ3) is 4.04. The third-order valence-electron chi connectivity index (χ3n) is 2.15. The van der Waals surface area contributed by atoms with Crippen LogP contribution in [0.25, 0.3) is 0 Å². The summed E-state index contributed by atoms with van der Waals surface area (Å²) >= 11 is 0. The normalized spacial score (nSPS) is 10.4. The Bertz CT molecular complexity index is 679. The number of rotatable bonds is 5. The lowest BCUT2D eigenvalue weighted by Gasteiger charge is -2.10. The van der Waals surface area contributed by atoms with Crippen molar-refractivity contribution in [3.63, 3.8) is 0 Å². The van der Waals surface area contributed by atoms with E-state index in [1.807, 2.05) is 0 Å². The topological polar surface area (TPSA) is 113 Å². The highest BCUT2D eigenvalue weighted by Gasteiger charge is 2.17. The van der Waals surface area contributed by atoms with Crippen molar-refractivity contribution in [1.29, 1.82) is 0 Å². The van der Waals surface area contributed by atoms with Gasteiger partial charge < -0.3 is 10.6 Å². The van der Waals surface area contributed by atoms with Crippen molar-refractivity contribution in [2.24, 2.45) is 0 Å². The molecule has 1 aromatic rings. The molecule has 1 aromatic carbocycles. The Morgan fingerprint density at radius 3 is 2.15 bits per heavy atom. The monoisotopic (exact) mass is 296 g/mol. The summed E-state index contributed by atoms with van der Waals surface area (Å²) in [5, 5.41) is 4.62. The van der Waals surface area contributed by atoms with Gasteiger partial charge in [-0.3, -0.25) is 14.1 Å². The van der Waals surface area contributed by atoms with Crippen LogP contribution in [0.3, 0.4) is 0 Å². The Kier molecular flexibility index (Phi) is 4.78. The molecule has 0 heterocycles. The largest absolute Gasteiger partial charge is 0.322 e. The van der Waals surface area contributed by atoms with Crippen LogP contribution in [0.2, 0.25) is 0 Å². The van der Waals surface area contributed by atoms with Crippen LogP contribution in [0.4, 0.5) is 11.4 Å². The van der Waals surface area contributed by atoms with Gasteiger partial charge in [-0.25, -0.2) is 0 Å². The standard InChI is InChI=1S/C12H12N2O5S/c1-3-11(15)13-8-5-6-10(20(17,18)19)9(7-8)14-12(16)4-2/h3-7H,1-2H2,(H,13,15)(H,14,16)(H,17,18,19). The molecule has 0 aliphatic carbocycles. The molecule has 8 heteroatoms. The van der Waals surface area contributed by atoms with Crippen molar-refractivity contribution in [2.45, 2.75) is 4.90 Å². The molecule has 0 saturated carbocycles. The molecular weight excluding hydrogens is 284 g/mol. The highest BCUT2D eigenvalue weighted by molar-refractivity contribution is 7.86. The fraction of sp³-hybridized carbons (Fsp3) is 0. The van der Waals surface area contributed by atoms with Crippen LogP contribution in [0.15, 0.2) is 48.4 Å². The fourth-order valence-electron chi connectivity index (χ4n) is 1.31. The van der Waals surface area contributed by atoms with Gasteiger partial charge in [0, 0.05) is 5.69 Å². The van der Waals surface area contributed by atoms with Crippen molar-refractivity contribution < 1.29 is 22.6 Å². The Labute approximate surface area is 115 Å². The second-order valence-electron chi connectivity index (χ2n) is 3.57. The summed E-state index contributed by atoms with van der Waals surface area (Å²) in [6.45, 7) is 6.49. The zero-order valence-electron chi connectivity index (χ0n) is 10.3. The predicted molar refractivity (Wildman–Crippen MR) is 73.9 cm³/mol. The maximum absolute atomic E-state index is 11.2. The van der Waals surface area contributed by atoms with Crippen molar-refractivity contribution in [3.05, 3.63) is 43.5 Å². The minimum Gasteiger partial charge on any atom is -0.322 e. The molecule has 0 spiro atoms. The SMILES string of the molecule is C=CC(=O)Nc1ccc(S(=O)(=O)O)c(NC(=O)C=C)c1. The summed E-state index contributed by atoms with van der Waals surface area (Å²) in [4.78, 5) is 21.9. The van der Waals surface area contributed by atoms with Crippen LogP contribution in [0.1, 0.15) is 0 Å². The molecule has 1 rings (SSSR count). The van der Waals surface area contributed by atoms with Gasteiger partial charge in [0.1, 0.15) is 4.90 Å². The summed E-state index contributed by atoms with van der Waals surface area (Å²) in [6, 6.07) is 3.49. The highest BCUT2D eigenvalue weighted by atomic mass is 32.2. The zero-order valence-corrected chi connectivity index (χ0v) is 11.1. The van der Waals surface area contributed by atoms with E-state index in [-0.39, 0.29) is 11.4 Å². The number of carbonyl (C=O) groups is 2. The summed E-state index contributed by atoms with van der Waals surface area (Å²) in [6.07, 6.45) is 1.96. The second kappa shape index (κ2) is 6.13. The highest BCUT2D eigenvalue weighted by Crippen LogP contribution is 2.25. The van der Waals surface area contributed by atoms with E-state index in [2.05, 4.69) is 23.8 Å².